The number of unbranched alkanes of at least 4 members (excludes halogenated alkanes) is 12. The summed E-state index contributed by atoms with van der Waals surface area (Å²) in [5, 5.41) is 5.50. The standard InChI is InChI=1S/C44H52Br2/c1-3-5-7-9-11-13-15-17-33-19-29-39-41(31-33)42-32-34(18-16-14-12-10-8-6-4-2)20-30-40(42)44(36-23-27-38(46)28-24-36)43(39)35-21-25-37(45)26-22-35/h19-32H,3-18H2,1-2H3. The van der Waals surface area contributed by atoms with Crippen LogP contribution in [0.25, 0.3) is 43.8 Å². The molecule has 0 aliphatic heterocycles. The van der Waals surface area contributed by atoms with E-state index in [0.717, 1.165) is 21.8 Å². The van der Waals surface area contributed by atoms with E-state index in [1.165, 1.54) is 145 Å². The minimum Gasteiger partial charge on any atom is -0.0654 e. The number of hydrogen-bond donors (Lipinski definition) is 0. The van der Waals surface area contributed by atoms with Crippen molar-refractivity contribution in [3.8, 4) is 22.3 Å². The fourth-order valence-electron chi connectivity index (χ4n) is 7.05. The summed E-state index contributed by atoms with van der Waals surface area (Å²) in [6.07, 6.45) is 21.2. The number of fused-ring (bicyclic) bond motifs is 3. The molecule has 0 bridgehead atoms. The second-order valence-corrected chi connectivity index (χ2v) is 15.1. The molecule has 0 nitrogen and oxygen atoms in total. The van der Waals surface area contributed by atoms with E-state index in [-0.39, 0.29) is 0 Å². The molecular weight excluding hydrogens is 688 g/mol. The van der Waals surface area contributed by atoms with E-state index >= 15 is 0 Å². The van der Waals surface area contributed by atoms with Gasteiger partial charge in [-0.3, -0.25) is 0 Å². The number of halogens is 2. The molecule has 0 fully saturated rings. The van der Waals surface area contributed by atoms with Crippen LogP contribution in [0.2, 0.25) is 0 Å². The lowest BCUT2D eigenvalue weighted by atomic mass is 9.83. The van der Waals surface area contributed by atoms with Gasteiger partial charge in [-0.15, -0.1) is 0 Å². The molecular formula is C44H52Br2. The van der Waals surface area contributed by atoms with E-state index in [2.05, 4.69) is 131 Å². The molecule has 0 aliphatic carbocycles. The molecule has 5 rings (SSSR count). The van der Waals surface area contributed by atoms with Gasteiger partial charge in [0.1, 0.15) is 0 Å². The Kier molecular flexibility index (Phi) is 13.8. The van der Waals surface area contributed by atoms with Crippen molar-refractivity contribution < 1.29 is 0 Å². The van der Waals surface area contributed by atoms with Crippen LogP contribution in [0.5, 0.6) is 0 Å². The van der Waals surface area contributed by atoms with E-state index in [1.54, 1.807) is 0 Å². The van der Waals surface area contributed by atoms with E-state index in [0.29, 0.717) is 0 Å². The van der Waals surface area contributed by atoms with E-state index < -0.39 is 0 Å². The summed E-state index contributed by atoms with van der Waals surface area (Å²) in [7, 11) is 0. The summed E-state index contributed by atoms with van der Waals surface area (Å²) in [5.41, 5.74) is 8.13. The van der Waals surface area contributed by atoms with Crippen LogP contribution < -0.4 is 0 Å². The van der Waals surface area contributed by atoms with Crippen molar-refractivity contribution in [1.82, 2.24) is 0 Å². The van der Waals surface area contributed by atoms with Crippen LogP contribution in [0.15, 0.2) is 93.9 Å². The van der Waals surface area contributed by atoms with Gasteiger partial charge in [0.05, 0.1) is 0 Å². The monoisotopic (exact) mass is 738 g/mol. The van der Waals surface area contributed by atoms with Gasteiger partial charge in [-0.05, 0) is 105 Å². The zero-order valence-corrected chi connectivity index (χ0v) is 31.3. The summed E-state index contributed by atoms with van der Waals surface area (Å²) in [6, 6.07) is 32.5. The molecule has 0 saturated heterocycles. The topological polar surface area (TPSA) is 0 Å². The second-order valence-electron chi connectivity index (χ2n) is 13.3. The Morgan fingerprint density at radius 2 is 0.717 bits per heavy atom. The van der Waals surface area contributed by atoms with Gasteiger partial charge in [0.15, 0.2) is 0 Å². The molecule has 2 heteroatoms. The van der Waals surface area contributed by atoms with Gasteiger partial charge in [-0.25, -0.2) is 0 Å². The zero-order valence-electron chi connectivity index (χ0n) is 28.2. The third kappa shape index (κ3) is 9.35. The average molecular weight is 741 g/mol. The Hall–Kier alpha value is -2.42. The highest BCUT2D eigenvalue weighted by Gasteiger charge is 2.18. The first kappa shape index (κ1) is 34.9. The van der Waals surface area contributed by atoms with Crippen LogP contribution in [0.3, 0.4) is 0 Å². The van der Waals surface area contributed by atoms with Gasteiger partial charge in [0.25, 0.3) is 0 Å². The number of aryl methyl sites for hydroxylation is 2. The highest BCUT2D eigenvalue weighted by Crippen LogP contribution is 2.45. The zero-order chi connectivity index (χ0) is 32.1. The highest BCUT2D eigenvalue weighted by atomic mass is 79.9. The lowest BCUT2D eigenvalue weighted by molar-refractivity contribution is 0.589. The van der Waals surface area contributed by atoms with Crippen LogP contribution >= 0.6 is 31.9 Å². The molecule has 0 amide bonds. The molecule has 0 aliphatic rings. The molecule has 0 aromatic heterocycles. The predicted octanol–water partition coefficient (Wildman–Crippen LogP) is 15.4. The van der Waals surface area contributed by atoms with Crippen molar-refractivity contribution >= 4 is 53.4 Å². The number of hydrogen-bond acceptors (Lipinski definition) is 0. The van der Waals surface area contributed by atoms with Crippen molar-refractivity contribution in [3.63, 3.8) is 0 Å². The van der Waals surface area contributed by atoms with Crippen LogP contribution in [0.4, 0.5) is 0 Å². The Balaban J connectivity index is 1.56. The minimum atomic E-state index is 1.11. The molecule has 242 valence electrons. The van der Waals surface area contributed by atoms with Crippen molar-refractivity contribution in [3.05, 3.63) is 105 Å². The molecule has 5 aromatic carbocycles. The summed E-state index contributed by atoms with van der Waals surface area (Å²) < 4.78 is 2.22. The molecule has 0 heterocycles. The SMILES string of the molecule is CCCCCCCCCc1ccc2c(-c3ccc(Br)cc3)c(-c3ccc(Br)cc3)c3ccc(CCCCCCCCC)cc3c2c1. The van der Waals surface area contributed by atoms with Gasteiger partial charge in [-0.1, -0.05) is 183 Å². The molecule has 0 radical (unpaired) electrons. The van der Waals surface area contributed by atoms with Crippen molar-refractivity contribution in [1.29, 1.82) is 0 Å². The van der Waals surface area contributed by atoms with Crippen LogP contribution in [-0.2, 0) is 12.8 Å². The number of benzene rings is 5. The molecule has 0 spiro atoms. The second kappa shape index (κ2) is 18.2. The maximum atomic E-state index is 3.68. The largest absolute Gasteiger partial charge is 0.0654 e. The van der Waals surface area contributed by atoms with E-state index in [4.69, 9.17) is 0 Å². The van der Waals surface area contributed by atoms with Gasteiger partial charge in [0.2, 0.25) is 0 Å². The van der Waals surface area contributed by atoms with Crippen molar-refractivity contribution in [2.24, 2.45) is 0 Å². The first-order valence-corrected chi connectivity index (χ1v) is 19.7. The van der Waals surface area contributed by atoms with Crippen LogP contribution in [-0.4, -0.2) is 0 Å². The third-order valence-electron chi connectivity index (χ3n) is 9.65. The maximum absolute atomic E-state index is 3.68. The van der Waals surface area contributed by atoms with Gasteiger partial charge in [-0.2, -0.15) is 0 Å². The quantitative estimate of drug-likeness (QED) is 0.0620. The smallest absolute Gasteiger partial charge is 0.0175 e. The average Bonchev–Trinajstić information content (AvgIpc) is 3.08. The molecule has 0 saturated carbocycles. The predicted molar refractivity (Wildman–Crippen MR) is 211 cm³/mol. The molecule has 0 N–H and O–H groups in total. The Morgan fingerprint density at radius 3 is 1.09 bits per heavy atom. The minimum absolute atomic E-state index is 1.11. The highest BCUT2D eigenvalue weighted by molar-refractivity contribution is 9.10. The normalized spacial score (nSPS) is 11.6. The maximum Gasteiger partial charge on any atom is 0.0175 e. The van der Waals surface area contributed by atoms with Crippen molar-refractivity contribution in [2.75, 3.05) is 0 Å². The Labute approximate surface area is 295 Å². The van der Waals surface area contributed by atoms with Gasteiger partial charge < -0.3 is 0 Å². The Morgan fingerprint density at radius 1 is 0.370 bits per heavy atom. The van der Waals surface area contributed by atoms with E-state index in [1.807, 2.05) is 0 Å². The summed E-state index contributed by atoms with van der Waals surface area (Å²) in [4.78, 5) is 0. The molecule has 5 aromatic rings. The van der Waals surface area contributed by atoms with Gasteiger partial charge in [0, 0.05) is 8.95 Å². The summed E-state index contributed by atoms with van der Waals surface area (Å²) in [5.74, 6) is 0. The summed E-state index contributed by atoms with van der Waals surface area (Å²) in [6.45, 7) is 4.60. The molecule has 0 atom stereocenters. The van der Waals surface area contributed by atoms with Crippen molar-refractivity contribution in [2.45, 2.75) is 117 Å². The number of rotatable bonds is 18. The van der Waals surface area contributed by atoms with Gasteiger partial charge >= 0.3 is 0 Å². The fraction of sp³-hybridized carbons (Fsp3) is 0.409. The van der Waals surface area contributed by atoms with E-state index in [9.17, 15) is 0 Å². The fourth-order valence-corrected chi connectivity index (χ4v) is 7.58. The lowest BCUT2D eigenvalue weighted by Gasteiger charge is -2.20. The van der Waals surface area contributed by atoms with Crippen LogP contribution in [0, 0.1) is 0 Å². The first-order valence-electron chi connectivity index (χ1n) is 18.1. The summed E-state index contributed by atoms with van der Waals surface area (Å²) >= 11 is 7.36. The Bertz CT molecular complexity index is 1540. The third-order valence-corrected chi connectivity index (χ3v) is 10.7. The van der Waals surface area contributed by atoms with Crippen LogP contribution in [0.1, 0.15) is 115 Å². The molecule has 46 heavy (non-hydrogen) atoms. The first-order chi connectivity index (χ1) is 22.6. The molecule has 0 unspecified atom stereocenters. The lowest BCUT2D eigenvalue weighted by Crippen LogP contribution is -1.95.